The van der Waals surface area contributed by atoms with Crippen LogP contribution in [0, 0.1) is 6.92 Å². The fourth-order valence-corrected chi connectivity index (χ4v) is 1.79. The van der Waals surface area contributed by atoms with Gasteiger partial charge in [-0.3, -0.25) is 0 Å². The molecule has 0 aliphatic carbocycles. The van der Waals surface area contributed by atoms with Crippen LogP contribution < -0.4 is 0 Å². The second kappa shape index (κ2) is 5.09. The first kappa shape index (κ1) is 14.7. The molecule has 0 atom stereocenters. The highest BCUT2D eigenvalue weighted by Gasteiger charge is 2.58. The Balaban J connectivity index is 3.04. The van der Waals surface area contributed by atoms with Crippen LogP contribution in [-0.2, 0) is 0 Å². The maximum Gasteiger partial charge on any atom is 0.390 e. The Morgan fingerprint density at radius 3 is 2.06 bits per heavy atom. The Hall–Kier alpha value is -0.370. The molecule has 0 saturated carbocycles. The van der Waals surface area contributed by atoms with Gasteiger partial charge in [-0.1, -0.05) is 17.7 Å². The average Bonchev–Trinajstić information content (AvgIpc) is 2.19. The van der Waals surface area contributed by atoms with E-state index < -0.39 is 15.0 Å². The van der Waals surface area contributed by atoms with Crippen molar-refractivity contribution in [2.75, 3.05) is 0 Å². The van der Waals surface area contributed by atoms with Gasteiger partial charge in [-0.05, 0) is 53.2 Å². The molecule has 1 aromatic rings. The van der Waals surface area contributed by atoms with Gasteiger partial charge in [-0.25, -0.2) is 4.99 Å². The molecule has 0 aliphatic heterocycles. The third kappa shape index (κ3) is 3.54. The van der Waals surface area contributed by atoms with E-state index in [2.05, 4.69) is 16.6 Å². The summed E-state index contributed by atoms with van der Waals surface area (Å²) in [7, 11) is 0. The minimum absolute atomic E-state index is 0.167. The van der Waals surface area contributed by atoms with Gasteiger partial charge in [0.15, 0.2) is 3.72 Å². The maximum atomic E-state index is 13.1. The zero-order valence-corrected chi connectivity index (χ0v) is 11.4. The van der Waals surface area contributed by atoms with Crippen molar-refractivity contribution in [2.24, 2.45) is 4.99 Å². The standard InChI is InChI=1S/C10H7ClF4IN/c1-6-2-4-7(5-3-6)17-8(16)9(12,13)10(11,14)15/h2-5H,1H3. The van der Waals surface area contributed by atoms with Crippen molar-refractivity contribution in [3.05, 3.63) is 29.8 Å². The topological polar surface area (TPSA) is 12.4 Å². The molecule has 0 aromatic heterocycles. The van der Waals surface area contributed by atoms with E-state index in [4.69, 9.17) is 0 Å². The van der Waals surface area contributed by atoms with Crippen molar-refractivity contribution in [3.8, 4) is 0 Å². The SMILES string of the molecule is Cc1ccc(N=C(I)C(F)(F)C(F)(F)Cl)cc1. The smallest absolute Gasteiger partial charge is 0.240 e. The molecule has 7 heteroatoms. The van der Waals surface area contributed by atoms with Gasteiger partial charge >= 0.3 is 11.3 Å². The summed E-state index contributed by atoms with van der Waals surface area (Å²) in [5.41, 5.74) is 1.08. The van der Waals surface area contributed by atoms with E-state index in [1.54, 1.807) is 19.1 Å². The summed E-state index contributed by atoms with van der Waals surface area (Å²) in [6, 6.07) is 6.19. The third-order valence-corrected chi connectivity index (χ3v) is 3.03. The van der Waals surface area contributed by atoms with E-state index in [9.17, 15) is 17.6 Å². The number of hydrogen-bond donors (Lipinski definition) is 0. The molecule has 0 fully saturated rings. The molecular weight excluding hydrogens is 372 g/mol. The highest BCUT2D eigenvalue weighted by Crippen LogP contribution is 2.41. The number of aryl methyl sites for hydroxylation is 1. The summed E-state index contributed by atoms with van der Waals surface area (Å²) in [4.78, 5) is 3.43. The van der Waals surface area contributed by atoms with E-state index >= 15 is 0 Å². The molecule has 0 aliphatic rings. The lowest BCUT2D eigenvalue weighted by molar-refractivity contribution is -0.104. The second-order valence-corrected chi connectivity index (χ2v) is 4.81. The molecule has 1 rings (SSSR count). The molecule has 0 spiro atoms. The zero-order chi connectivity index (χ0) is 13.3. The molecule has 0 amide bonds. The Labute approximate surface area is 114 Å². The van der Waals surface area contributed by atoms with E-state index in [0.717, 1.165) is 28.2 Å². The van der Waals surface area contributed by atoms with Crippen molar-refractivity contribution in [1.82, 2.24) is 0 Å². The van der Waals surface area contributed by atoms with Gasteiger partial charge in [0.2, 0.25) is 0 Å². The van der Waals surface area contributed by atoms with Crippen molar-refractivity contribution in [3.63, 3.8) is 0 Å². The van der Waals surface area contributed by atoms with Gasteiger partial charge in [0, 0.05) is 0 Å². The van der Waals surface area contributed by atoms with Crippen molar-refractivity contribution < 1.29 is 17.6 Å². The summed E-state index contributed by atoms with van der Waals surface area (Å²) in [5, 5.41) is -4.66. The normalized spacial score (nSPS) is 13.9. The number of rotatable bonds is 3. The molecular formula is C10H7ClF4IN. The third-order valence-electron chi connectivity index (χ3n) is 1.88. The lowest BCUT2D eigenvalue weighted by atomic mass is 10.2. The highest BCUT2D eigenvalue weighted by atomic mass is 127. The Bertz CT molecular complexity index is 425. The molecule has 1 nitrogen and oxygen atoms in total. The van der Waals surface area contributed by atoms with Crippen LogP contribution >= 0.6 is 34.2 Å². The van der Waals surface area contributed by atoms with Crippen molar-refractivity contribution in [2.45, 2.75) is 18.2 Å². The molecule has 94 valence electrons. The largest absolute Gasteiger partial charge is 0.390 e. The summed E-state index contributed by atoms with van der Waals surface area (Å²) < 4.78 is 50.0. The highest BCUT2D eigenvalue weighted by molar-refractivity contribution is 14.1. The van der Waals surface area contributed by atoms with Crippen LogP contribution in [0.3, 0.4) is 0 Å². The van der Waals surface area contributed by atoms with Crippen LogP contribution in [0.5, 0.6) is 0 Å². The first-order valence-corrected chi connectivity index (χ1v) is 5.86. The Kier molecular flexibility index (Phi) is 4.40. The van der Waals surface area contributed by atoms with Crippen LogP contribution in [0.15, 0.2) is 29.3 Å². The van der Waals surface area contributed by atoms with E-state index in [1.165, 1.54) is 12.1 Å². The number of aliphatic imine (C=N–C) groups is 1. The molecule has 0 saturated heterocycles. The predicted molar refractivity (Wildman–Crippen MR) is 68.0 cm³/mol. The summed E-state index contributed by atoms with van der Waals surface area (Å²) in [5.74, 6) is -4.49. The first-order chi connectivity index (χ1) is 7.64. The molecule has 0 radical (unpaired) electrons. The van der Waals surface area contributed by atoms with Crippen LogP contribution in [0.4, 0.5) is 23.2 Å². The van der Waals surface area contributed by atoms with Gasteiger partial charge in [0.05, 0.1) is 5.69 Å². The molecule has 0 unspecified atom stereocenters. The maximum absolute atomic E-state index is 13.1. The van der Waals surface area contributed by atoms with Gasteiger partial charge in [0.1, 0.15) is 0 Å². The summed E-state index contributed by atoms with van der Waals surface area (Å²) in [6.45, 7) is 1.81. The number of benzene rings is 1. The summed E-state index contributed by atoms with van der Waals surface area (Å²) >= 11 is 5.40. The molecule has 1 aromatic carbocycles. The van der Waals surface area contributed by atoms with Gasteiger partial charge in [0.25, 0.3) is 0 Å². The summed E-state index contributed by atoms with van der Waals surface area (Å²) in [6.07, 6.45) is 0. The van der Waals surface area contributed by atoms with Gasteiger partial charge < -0.3 is 0 Å². The van der Waals surface area contributed by atoms with Crippen LogP contribution in [0.25, 0.3) is 0 Å². The fourth-order valence-electron chi connectivity index (χ4n) is 0.920. The second-order valence-electron chi connectivity index (χ2n) is 3.31. The van der Waals surface area contributed by atoms with E-state index in [-0.39, 0.29) is 5.69 Å². The predicted octanol–water partition coefficient (Wildman–Crippen LogP) is 4.93. The number of hydrogen-bond acceptors (Lipinski definition) is 1. The van der Waals surface area contributed by atoms with Crippen LogP contribution in [0.2, 0.25) is 0 Å². The van der Waals surface area contributed by atoms with Gasteiger partial charge in [-0.15, -0.1) is 0 Å². The molecule has 17 heavy (non-hydrogen) atoms. The lowest BCUT2D eigenvalue weighted by Crippen LogP contribution is -2.40. The number of nitrogens with zero attached hydrogens (tertiary/aromatic N) is 1. The van der Waals surface area contributed by atoms with Crippen LogP contribution in [-0.4, -0.2) is 15.0 Å². The Morgan fingerprint density at radius 1 is 1.18 bits per heavy atom. The van der Waals surface area contributed by atoms with E-state index in [1.807, 2.05) is 0 Å². The minimum atomic E-state index is -4.66. The van der Waals surface area contributed by atoms with Gasteiger partial charge in [-0.2, -0.15) is 17.6 Å². The van der Waals surface area contributed by atoms with Crippen LogP contribution in [0.1, 0.15) is 5.56 Å². The quantitative estimate of drug-likeness (QED) is 0.306. The number of alkyl halides is 5. The van der Waals surface area contributed by atoms with Crippen molar-refractivity contribution in [1.29, 1.82) is 0 Å². The van der Waals surface area contributed by atoms with Crippen molar-refractivity contribution >= 4 is 43.6 Å². The number of halogens is 6. The lowest BCUT2D eigenvalue weighted by Gasteiger charge is -2.19. The molecule has 0 heterocycles. The molecule has 0 bridgehead atoms. The zero-order valence-electron chi connectivity index (χ0n) is 8.52. The molecule has 0 N–H and O–H groups in total. The Morgan fingerprint density at radius 2 is 1.65 bits per heavy atom. The fraction of sp³-hybridized carbons (Fsp3) is 0.300. The monoisotopic (exact) mass is 379 g/mol. The average molecular weight is 380 g/mol. The van der Waals surface area contributed by atoms with E-state index in [0.29, 0.717) is 0 Å². The minimum Gasteiger partial charge on any atom is -0.240 e. The first-order valence-electron chi connectivity index (χ1n) is 4.40.